The molecule has 0 saturated carbocycles. The molecule has 1 heterocycles. The smallest absolute Gasteiger partial charge is 0.0476 e. The summed E-state index contributed by atoms with van der Waals surface area (Å²) in [4.78, 5) is 2.76. The van der Waals surface area contributed by atoms with Gasteiger partial charge >= 0.3 is 0 Å². The van der Waals surface area contributed by atoms with Crippen molar-refractivity contribution in [2.75, 3.05) is 13.1 Å². The Morgan fingerprint density at radius 3 is 2.52 bits per heavy atom. The van der Waals surface area contributed by atoms with Crippen molar-refractivity contribution in [3.8, 4) is 0 Å². The predicted octanol–water partition coefficient (Wildman–Crippen LogP) is 3.77. The molecule has 2 unspecified atom stereocenters. The van der Waals surface area contributed by atoms with Gasteiger partial charge in [0, 0.05) is 31.2 Å². The molecule has 2 aliphatic rings. The summed E-state index contributed by atoms with van der Waals surface area (Å²) < 4.78 is 0. The topological polar surface area (TPSA) is 15.3 Å². The maximum absolute atomic E-state index is 3.79. The lowest BCUT2D eigenvalue weighted by molar-refractivity contribution is 0.0799. The van der Waals surface area contributed by atoms with Crippen LogP contribution >= 0.6 is 0 Å². The Morgan fingerprint density at radius 1 is 1.14 bits per heavy atom. The quantitative estimate of drug-likeness (QED) is 0.847. The molecule has 1 N–H and O–H groups in total. The summed E-state index contributed by atoms with van der Waals surface area (Å²) in [5.41, 5.74) is 1.46. The average molecular weight is 284 g/mol. The fourth-order valence-electron chi connectivity index (χ4n) is 3.83. The molecule has 0 amide bonds. The molecule has 2 atom stereocenters. The van der Waals surface area contributed by atoms with Crippen LogP contribution in [0, 0.1) is 5.92 Å². The van der Waals surface area contributed by atoms with Crippen LogP contribution in [0.5, 0.6) is 0 Å². The van der Waals surface area contributed by atoms with Gasteiger partial charge in [-0.3, -0.25) is 4.90 Å². The summed E-state index contributed by atoms with van der Waals surface area (Å²) in [6, 6.07) is 12.9. The molecule has 114 valence electrons. The lowest BCUT2D eigenvalue weighted by Crippen LogP contribution is -2.55. The second-order valence-electron chi connectivity index (χ2n) is 6.95. The van der Waals surface area contributed by atoms with Gasteiger partial charge in [0.1, 0.15) is 0 Å². The highest BCUT2D eigenvalue weighted by Gasteiger charge is 2.33. The maximum atomic E-state index is 3.79. The third-order valence-electron chi connectivity index (χ3n) is 4.82. The van der Waals surface area contributed by atoms with Gasteiger partial charge in [-0.05, 0) is 30.7 Å². The van der Waals surface area contributed by atoms with Crippen LogP contribution in [0.3, 0.4) is 0 Å². The zero-order valence-corrected chi connectivity index (χ0v) is 13.3. The Bertz CT molecular complexity index is 458. The first-order valence-corrected chi connectivity index (χ1v) is 8.43. The van der Waals surface area contributed by atoms with Gasteiger partial charge in [0.2, 0.25) is 0 Å². The van der Waals surface area contributed by atoms with Gasteiger partial charge in [0.05, 0.1) is 0 Å². The Hall–Kier alpha value is -1.12. The van der Waals surface area contributed by atoms with E-state index in [1.807, 2.05) is 0 Å². The molecule has 2 nitrogen and oxygen atoms in total. The van der Waals surface area contributed by atoms with Crippen molar-refractivity contribution >= 4 is 0 Å². The van der Waals surface area contributed by atoms with Crippen LogP contribution < -0.4 is 5.32 Å². The molecule has 21 heavy (non-hydrogen) atoms. The van der Waals surface area contributed by atoms with Crippen molar-refractivity contribution in [1.82, 2.24) is 10.2 Å². The van der Waals surface area contributed by atoms with E-state index in [9.17, 15) is 0 Å². The Labute approximate surface area is 129 Å². The third-order valence-corrected chi connectivity index (χ3v) is 4.82. The van der Waals surface area contributed by atoms with Crippen molar-refractivity contribution in [3.05, 3.63) is 48.0 Å². The minimum Gasteiger partial charge on any atom is -0.311 e. The Balaban J connectivity index is 1.76. The van der Waals surface area contributed by atoms with E-state index in [1.54, 1.807) is 0 Å². The number of piperazine rings is 1. The van der Waals surface area contributed by atoms with Gasteiger partial charge in [-0.25, -0.2) is 0 Å². The number of hydrogen-bond donors (Lipinski definition) is 1. The number of hydrogen-bond acceptors (Lipinski definition) is 2. The SMILES string of the molecule is CC(C)CC1CN(C2CC=CC2)C(c2ccccc2)CN1. The van der Waals surface area contributed by atoms with Crippen molar-refractivity contribution in [1.29, 1.82) is 0 Å². The minimum atomic E-state index is 0.527. The second kappa shape index (κ2) is 6.76. The number of rotatable bonds is 4. The van der Waals surface area contributed by atoms with Crippen LogP contribution in [0.25, 0.3) is 0 Å². The van der Waals surface area contributed by atoms with Crippen LogP contribution in [0.4, 0.5) is 0 Å². The fraction of sp³-hybridized carbons (Fsp3) is 0.579. The monoisotopic (exact) mass is 284 g/mol. The molecule has 0 aromatic heterocycles. The molecule has 1 aromatic carbocycles. The predicted molar refractivity (Wildman–Crippen MR) is 89.3 cm³/mol. The standard InChI is InChI=1S/C19H28N2/c1-15(2)12-17-14-21(18-10-6-7-11-18)19(13-20-17)16-8-4-3-5-9-16/h3-9,15,17-20H,10-14H2,1-2H3. The van der Waals surface area contributed by atoms with Crippen LogP contribution in [0.2, 0.25) is 0 Å². The highest BCUT2D eigenvalue weighted by molar-refractivity contribution is 5.21. The van der Waals surface area contributed by atoms with Gasteiger partial charge in [0.25, 0.3) is 0 Å². The van der Waals surface area contributed by atoms with Crippen LogP contribution in [0.15, 0.2) is 42.5 Å². The van der Waals surface area contributed by atoms with E-state index in [2.05, 4.69) is 66.5 Å². The molecule has 0 radical (unpaired) electrons. The van der Waals surface area contributed by atoms with E-state index in [0.717, 1.165) is 12.5 Å². The molecular weight excluding hydrogens is 256 g/mol. The van der Waals surface area contributed by atoms with Crippen molar-refractivity contribution in [3.63, 3.8) is 0 Å². The minimum absolute atomic E-state index is 0.527. The fourth-order valence-corrected chi connectivity index (χ4v) is 3.83. The highest BCUT2D eigenvalue weighted by atomic mass is 15.3. The lowest BCUT2D eigenvalue weighted by Gasteiger charge is -2.44. The summed E-state index contributed by atoms with van der Waals surface area (Å²) in [5.74, 6) is 0.763. The Morgan fingerprint density at radius 2 is 1.86 bits per heavy atom. The van der Waals surface area contributed by atoms with E-state index in [0.29, 0.717) is 18.1 Å². The molecule has 1 fully saturated rings. The van der Waals surface area contributed by atoms with Gasteiger partial charge in [-0.15, -0.1) is 0 Å². The molecule has 1 aliphatic carbocycles. The van der Waals surface area contributed by atoms with E-state index in [4.69, 9.17) is 0 Å². The highest BCUT2D eigenvalue weighted by Crippen LogP contribution is 2.31. The number of nitrogens with zero attached hydrogens (tertiary/aromatic N) is 1. The second-order valence-corrected chi connectivity index (χ2v) is 6.95. The van der Waals surface area contributed by atoms with Crippen molar-refractivity contribution in [2.24, 2.45) is 5.92 Å². The molecule has 1 aromatic rings. The van der Waals surface area contributed by atoms with E-state index in [1.165, 1.54) is 31.4 Å². The summed E-state index contributed by atoms with van der Waals surface area (Å²) in [7, 11) is 0. The molecular formula is C19H28N2. The van der Waals surface area contributed by atoms with Gasteiger partial charge in [-0.2, -0.15) is 0 Å². The van der Waals surface area contributed by atoms with Gasteiger partial charge in [-0.1, -0.05) is 56.3 Å². The number of benzene rings is 1. The normalized spacial score (nSPS) is 27.6. The summed E-state index contributed by atoms with van der Waals surface area (Å²) in [6.07, 6.45) is 8.42. The molecule has 2 heteroatoms. The van der Waals surface area contributed by atoms with E-state index in [-0.39, 0.29) is 0 Å². The largest absolute Gasteiger partial charge is 0.311 e. The zero-order valence-electron chi connectivity index (χ0n) is 13.3. The summed E-state index contributed by atoms with van der Waals surface area (Å²) in [6.45, 7) is 6.92. The first kappa shape index (κ1) is 14.8. The number of nitrogens with one attached hydrogen (secondary N) is 1. The maximum Gasteiger partial charge on any atom is 0.0476 e. The summed E-state index contributed by atoms with van der Waals surface area (Å²) >= 11 is 0. The molecule has 1 aliphatic heterocycles. The van der Waals surface area contributed by atoms with Crippen molar-refractivity contribution in [2.45, 2.75) is 51.2 Å². The van der Waals surface area contributed by atoms with Crippen molar-refractivity contribution < 1.29 is 0 Å². The van der Waals surface area contributed by atoms with Gasteiger partial charge < -0.3 is 5.32 Å². The van der Waals surface area contributed by atoms with E-state index < -0.39 is 0 Å². The lowest BCUT2D eigenvalue weighted by atomic mass is 9.94. The van der Waals surface area contributed by atoms with Crippen LogP contribution in [-0.2, 0) is 0 Å². The van der Waals surface area contributed by atoms with E-state index >= 15 is 0 Å². The van der Waals surface area contributed by atoms with Gasteiger partial charge in [0.15, 0.2) is 0 Å². The van der Waals surface area contributed by atoms with Crippen LogP contribution in [0.1, 0.15) is 44.7 Å². The first-order valence-electron chi connectivity index (χ1n) is 8.43. The zero-order chi connectivity index (χ0) is 14.7. The average Bonchev–Trinajstić information content (AvgIpc) is 3.01. The summed E-state index contributed by atoms with van der Waals surface area (Å²) in [5, 5.41) is 3.79. The van der Waals surface area contributed by atoms with Crippen LogP contribution in [-0.4, -0.2) is 30.1 Å². The first-order chi connectivity index (χ1) is 10.2. The molecule has 1 saturated heterocycles. The third kappa shape index (κ3) is 3.56. The molecule has 0 bridgehead atoms. The Kier molecular flexibility index (Phi) is 4.77. The molecule has 3 rings (SSSR count). The molecule has 0 spiro atoms.